The van der Waals surface area contributed by atoms with Crippen LogP contribution in [0.4, 0.5) is 0 Å². The maximum absolute atomic E-state index is 11.8. The van der Waals surface area contributed by atoms with Gasteiger partial charge in [-0.25, -0.2) is 0 Å². The summed E-state index contributed by atoms with van der Waals surface area (Å²) in [4.78, 5) is 16.5. The predicted molar refractivity (Wildman–Crippen MR) is 95.5 cm³/mol. The van der Waals surface area contributed by atoms with Gasteiger partial charge in [0.1, 0.15) is 12.4 Å². The summed E-state index contributed by atoms with van der Waals surface area (Å²) < 4.78 is 5.99. The van der Waals surface area contributed by atoms with Crippen molar-refractivity contribution in [2.75, 3.05) is 45.9 Å². The van der Waals surface area contributed by atoms with Gasteiger partial charge in [-0.05, 0) is 37.8 Å². The third kappa shape index (κ3) is 4.95. The number of rotatable bonds is 7. The second-order valence-corrected chi connectivity index (χ2v) is 7.03. The van der Waals surface area contributed by atoms with Crippen molar-refractivity contribution in [2.45, 2.75) is 32.7 Å². The van der Waals surface area contributed by atoms with Crippen LogP contribution in [0.15, 0.2) is 18.2 Å². The van der Waals surface area contributed by atoms with E-state index in [1.807, 2.05) is 0 Å². The molecule has 0 unspecified atom stereocenters. The van der Waals surface area contributed by atoms with Crippen molar-refractivity contribution < 1.29 is 9.53 Å². The van der Waals surface area contributed by atoms with E-state index in [2.05, 4.69) is 47.2 Å². The Kier molecular flexibility index (Phi) is 5.74. The zero-order chi connectivity index (χ0) is 16.9. The van der Waals surface area contributed by atoms with E-state index in [0.29, 0.717) is 19.2 Å². The Morgan fingerprint density at radius 1 is 1.12 bits per heavy atom. The molecule has 0 bridgehead atoms. The second kappa shape index (κ2) is 7.99. The van der Waals surface area contributed by atoms with Crippen LogP contribution in [0.25, 0.3) is 0 Å². The highest BCUT2D eigenvalue weighted by atomic mass is 16.5. The normalized spacial score (nSPS) is 19.2. The molecule has 1 N–H and O–H groups in total. The van der Waals surface area contributed by atoms with Crippen molar-refractivity contribution >= 4 is 5.91 Å². The number of nitrogens with one attached hydrogen (secondary N) is 1. The highest BCUT2D eigenvalue weighted by molar-refractivity contribution is 5.78. The number of nitrogens with zero attached hydrogens (tertiary/aromatic N) is 2. The molecular formula is C19H29N3O2. The Balaban J connectivity index is 1.34. The minimum absolute atomic E-state index is 0.185. The minimum Gasteiger partial charge on any atom is -0.492 e. The summed E-state index contributed by atoms with van der Waals surface area (Å²) in [6.45, 7) is 10.3. The van der Waals surface area contributed by atoms with Gasteiger partial charge in [0.2, 0.25) is 5.91 Å². The van der Waals surface area contributed by atoms with Crippen LogP contribution in [0, 0.1) is 13.8 Å². The summed E-state index contributed by atoms with van der Waals surface area (Å²) in [7, 11) is 0. The van der Waals surface area contributed by atoms with Crippen LogP contribution >= 0.6 is 0 Å². The van der Waals surface area contributed by atoms with Gasteiger partial charge in [-0.1, -0.05) is 18.2 Å². The van der Waals surface area contributed by atoms with Gasteiger partial charge in [0.25, 0.3) is 0 Å². The van der Waals surface area contributed by atoms with Crippen molar-refractivity contribution in [3.63, 3.8) is 0 Å². The molecule has 5 heteroatoms. The molecule has 3 rings (SSSR count). The van der Waals surface area contributed by atoms with Crippen molar-refractivity contribution in [1.29, 1.82) is 0 Å². The SMILES string of the molecule is Cc1cccc(C)c1OCCN1CCN(CC(=O)NC2CC2)CC1. The van der Waals surface area contributed by atoms with Gasteiger partial charge >= 0.3 is 0 Å². The molecule has 0 aromatic heterocycles. The lowest BCUT2D eigenvalue weighted by Crippen LogP contribution is -2.50. The summed E-state index contributed by atoms with van der Waals surface area (Å²) >= 11 is 0. The summed E-state index contributed by atoms with van der Waals surface area (Å²) in [6.07, 6.45) is 2.31. The van der Waals surface area contributed by atoms with Crippen LogP contribution < -0.4 is 10.1 Å². The molecular weight excluding hydrogens is 302 g/mol. The minimum atomic E-state index is 0.185. The summed E-state index contributed by atoms with van der Waals surface area (Å²) in [6, 6.07) is 6.71. The number of carbonyl (C=O) groups excluding carboxylic acids is 1. The lowest BCUT2D eigenvalue weighted by Gasteiger charge is -2.34. The number of aryl methyl sites for hydroxylation is 2. The number of carbonyl (C=O) groups is 1. The molecule has 0 atom stereocenters. The average molecular weight is 331 g/mol. The van der Waals surface area contributed by atoms with Gasteiger partial charge in [0.15, 0.2) is 0 Å². The van der Waals surface area contributed by atoms with Gasteiger partial charge < -0.3 is 10.1 Å². The lowest BCUT2D eigenvalue weighted by molar-refractivity contribution is -0.122. The summed E-state index contributed by atoms with van der Waals surface area (Å²) in [5.41, 5.74) is 2.39. The van der Waals surface area contributed by atoms with E-state index >= 15 is 0 Å². The first-order valence-electron chi connectivity index (χ1n) is 9.05. The summed E-state index contributed by atoms with van der Waals surface area (Å²) in [5.74, 6) is 1.21. The molecule has 24 heavy (non-hydrogen) atoms. The molecule has 0 spiro atoms. The van der Waals surface area contributed by atoms with E-state index in [1.54, 1.807) is 0 Å². The third-order valence-electron chi connectivity index (χ3n) is 4.84. The maximum Gasteiger partial charge on any atom is 0.234 e. The smallest absolute Gasteiger partial charge is 0.234 e. The fraction of sp³-hybridized carbons (Fsp3) is 0.632. The van der Waals surface area contributed by atoms with E-state index < -0.39 is 0 Å². The first-order valence-corrected chi connectivity index (χ1v) is 9.05. The topological polar surface area (TPSA) is 44.8 Å². The Morgan fingerprint density at radius 2 is 1.75 bits per heavy atom. The van der Waals surface area contributed by atoms with Gasteiger partial charge in [-0.15, -0.1) is 0 Å². The fourth-order valence-corrected chi connectivity index (χ4v) is 3.18. The number of hydrogen-bond acceptors (Lipinski definition) is 4. The van der Waals surface area contributed by atoms with Crippen LogP contribution in [-0.2, 0) is 4.79 Å². The molecule has 1 aromatic carbocycles. The fourth-order valence-electron chi connectivity index (χ4n) is 3.18. The van der Waals surface area contributed by atoms with Crippen LogP contribution in [0.5, 0.6) is 5.75 Å². The Hall–Kier alpha value is -1.59. The molecule has 5 nitrogen and oxygen atoms in total. The molecule has 2 aliphatic rings. The molecule has 1 saturated carbocycles. The molecule has 1 aliphatic heterocycles. The summed E-state index contributed by atoms with van der Waals surface area (Å²) in [5, 5.41) is 3.06. The van der Waals surface area contributed by atoms with E-state index in [-0.39, 0.29) is 5.91 Å². The molecule has 1 heterocycles. The number of amides is 1. The standard InChI is InChI=1S/C19H29N3O2/c1-15-4-3-5-16(2)19(15)24-13-12-21-8-10-22(11-9-21)14-18(23)20-17-6-7-17/h3-5,17H,6-14H2,1-2H3,(H,20,23). The van der Waals surface area contributed by atoms with Crippen molar-refractivity contribution in [2.24, 2.45) is 0 Å². The maximum atomic E-state index is 11.8. The van der Waals surface area contributed by atoms with Gasteiger partial charge in [0.05, 0.1) is 6.54 Å². The number of piperazine rings is 1. The van der Waals surface area contributed by atoms with Gasteiger partial charge in [-0.2, -0.15) is 0 Å². The first-order chi connectivity index (χ1) is 11.6. The molecule has 1 amide bonds. The molecule has 1 saturated heterocycles. The van der Waals surface area contributed by atoms with Crippen molar-refractivity contribution in [1.82, 2.24) is 15.1 Å². The third-order valence-corrected chi connectivity index (χ3v) is 4.84. The zero-order valence-corrected chi connectivity index (χ0v) is 14.9. The Bertz CT molecular complexity index is 543. The molecule has 1 aromatic rings. The molecule has 0 radical (unpaired) electrons. The molecule has 2 fully saturated rings. The van der Waals surface area contributed by atoms with E-state index in [9.17, 15) is 4.79 Å². The Labute approximate surface area is 145 Å². The quantitative estimate of drug-likeness (QED) is 0.824. The van der Waals surface area contributed by atoms with Crippen molar-refractivity contribution in [3.05, 3.63) is 29.3 Å². The van der Waals surface area contributed by atoms with Crippen LogP contribution in [0.3, 0.4) is 0 Å². The molecule has 1 aliphatic carbocycles. The van der Waals surface area contributed by atoms with Gasteiger partial charge in [-0.3, -0.25) is 14.6 Å². The number of benzene rings is 1. The predicted octanol–water partition coefficient (Wildman–Crippen LogP) is 1.58. The van der Waals surface area contributed by atoms with E-state index in [1.165, 1.54) is 11.1 Å². The average Bonchev–Trinajstić information content (AvgIpc) is 3.35. The van der Waals surface area contributed by atoms with Crippen LogP contribution in [0.2, 0.25) is 0 Å². The monoisotopic (exact) mass is 331 g/mol. The van der Waals surface area contributed by atoms with Crippen molar-refractivity contribution in [3.8, 4) is 5.75 Å². The lowest BCUT2D eigenvalue weighted by atomic mass is 10.1. The van der Waals surface area contributed by atoms with Crippen LogP contribution in [-0.4, -0.2) is 67.6 Å². The number of ether oxygens (including phenoxy) is 1. The highest BCUT2D eigenvalue weighted by Crippen LogP contribution is 2.22. The van der Waals surface area contributed by atoms with E-state index in [0.717, 1.165) is 51.3 Å². The highest BCUT2D eigenvalue weighted by Gasteiger charge is 2.25. The second-order valence-electron chi connectivity index (χ2n) is 7.03. The number of para-hydroxylation sites is 1. The van der Waals surface area contributed by atoms with E-state index in [4.69, 9.17) is 4.74 Å². The van der Waals surface area contributed by atoms with Crippen LogP contribution in [0.1, 0.15) is 24.0 Å². The molecule has 132 valence electrons. The largest absolute Gasteiger partial charge is 0.492 e. The van der Waals surface area contributed by atoms with Gasteiger partial charge in [0, 0.05) is 38.8 Å². The first kappa shape index (κ1) is 17.2. The Morgan fingerprint density at radius 3 is 2.38 bits per heavy atom. The zero-order valence-electron chi connectivity index (χ0n) is 14.9. The number of hydrogen-bond donors (Lipinski definition) is 1.